The summed E-state index contributed by atoms with van der Waals surface area (Å²) in [5.74, 6) is -0.823. The molecule has 0 aliphatic heterocycles. The molecule has 0 saturated heterocycles. The van der Waals surface area contributed by atoms with E-state index in [0.717, 1.165) is 0 Å². The van der Waals surface area contributed by atoms with Crippen molar-refractivity contribution in [1.29, 1.82) is 0 Å². The number of ketones is 1. The maximum atomic E-state index is 10.9. The second-order valence-electron chi connectivity index (χ2n) is 2.66. The summed E-state index contributed by atoms with van der Waals surface area (Å²) in [5, 5.41) is 0. The quantitative estimate of drug-likeness (QED) is 0.519. The van der Waals surface area contributed by atoms with Crippen LogP contribution in [0.3, 0.4) is 0 Å². The number of ether oxygens (including phenoxy) is 1. The molecule has 2 N–H and O–H groups in total. The van der Waals surface area contributed by atoms with Crippen LogP contribution in [-0.2, 0) is 14.3 Å². The number of hydrogen-bond acceptors (Lipinski definition) is 4. The molecule has 0 heterocycles. The third-order valence-corrected chi connectivity index (χ3v) is 2.01. The van der Waals surface area contributed by atoms with E-state index in [0.29, 0.717) is 12.8 Å². The first-order valence-electron chi connectivity index (χ1n) is 3.53. The second-order valence-corrected chi connectivity index (χ2v) is 2.66. The minimum atomic E-state index is -0.637. The van der Waals surface area contributed by atoms with E-state index in [4.69, 9.17) is 5.73 Å². The fourth-order valence-electron chi connectivity index (χ4n) is 1.28. The molecule has 1 aliphatic rings. The summed E-state index contributed by atoms with van der Waals surface area (Å²) < 4.78 is 4.48. The van der Waals surface area contributed by atoms with Crippen LogP contribution in [0.15, 0.2) is 0 Å². The van der Waals surface area contributed by atoms with Gasteiger partial charge in [0.05, 0.1) is 19.1 Å². The minimum absolute atomic E-state index is 0.0413. The van der Waals surface area contributed by atoms with E-state index in [1.165, 1.54) is 7.11 Å². The van der Waals surface area contributed by atoms with Crippen LogP contribution in [0.1, 0.15) is 12.8 Å². The molecule has 11 heavy (non-hydrogen) atoms. The zero-order valence-electron chi connectivity index (χ0n) is 6.37. The van der Waals surface area contributed by atoms with E-state index in [2.05, 4.69) is 4.74 Å². The average Bonchev–Trinajstić information content (AvgIpc) is 2.32. The van der Waals surface area contributed by atoms with Gasteiger partial charge in [0.15, 0.2) is 0 Å². The Labute approximate surface area is 64.7 Å². The number of methoxy groups -OCH3 is 1. The number of rotatable bonds is 1. The van der Waals surface area contributed by atoms with E-state index in [9.17, 15) is 9.59 Å². The van der Waals surface area contributed by atoms with Crippen LogP contribution in [0.25, 0.3) is 0 Å². The van der Waals surface area contributed by atoms with Gasteiger partial charge in [-0.05, 0) is 6.42 Å². The number of carbonyl (C=O) groups excluding carboxylic acids is 2. The second kappa shape index (κ2) is 3.00. The molecule has 1 saturated carbocycles. The van der Waals surface area contributed by atoms with Gasteiger partial charge in [0.2, 0.25) is 0 Å². The molecule has 0 aromatic carbocycles. The van der Waals surface area contributed by atoms with Crippen molar-refractivity contribution in [3.63, 3.8) is 0 Å². The smallest absolute Gasteiger partial charge is 0.310 e. The molecule has 0 bridgehead atoms. The van der Waals surface area contributed by atoms with Gasteiger partial charge in [0.25, 0.3) is 0 Å². The van der Waals surface area contributed by atoms with Crippen molar-refractivity contribution < 1.29 is 14.3 Å². The van der Waals surface area contributed by atoms with Gasteiger partial charge in [-0.3, -0.25) is 9.59 Å². The molecule has 0 aromatic rings. The predicted molar refractivity (Wildman–Crippen MR) is 37.7 cm³/mol. The lowest BCUT2D eigenvalue weighted by molar-refractivity contribution is -0.146. The topological polar surface area (TPSA) is 69.4 Å². The van der Waals surface area contributed by atoms with Crippen LogP contribution in [0.5, 0.6) is 0 Å². The van der Waals surface area contributed by atoms with Crippen LogP contribution in [0.4, 0.5) is 0 Å². The zero-order chi connectivity index (χ0) is 8.43. The predicted octanol–water partition coefficient (Wildman–Crippen LogP) is -0.534. The van der Waals surface area contributed by atoms with E-state index >= 15 is 0 Å². The molecule has 4 heteroatoms. The Morgan fingerprint density at radius 2 is 2.36 bits per heavy atom. The standard InChI is InChI=1S/C7H11NO3/c1-11-7(10)4-2-3-5(9)6(4)8/h4,6H,2-3,8H2,1H3/t4-,6-/m1/s1. The van der Waals surface area contributed by atoms with Crippen molar-refractivity contribution in [1.82, 2.24) is 0 Å². The highest BCUT2D eigenvalue weighted by Gasteiger charge is 2.37. The van der Waals surface area contributed by atoms with E-state index in [1.807, 2.05) is 0 Å². The Balaban J connectivity index is 2.61. The van der Waals surface area contributed by atoms with Crippen LogP contribution in [0.2, 0.25) is 0 Å². The lowest BCUT2D eigenvalue weighted by atomic mass is 10.1. The van der Waals surface area contributed by atoms with E-state index in [1.54, 1.807) is 0 Å². The Morgan fingerprint density at radius 1 is 1.73 bits per heavy atom. The summed E-state index contributed by atoms with van der Waals surface area (Å²) in [7, 11) is 1.30. The first kappa shape index (κ1) is 8.20. The van der Waals surface area contributed by atoms with Crippen molar-refractivity contribution in [3.05, 3.63) is 0 Å². The Morgan fingerprint density at radius 3 is 2.73 bits per heavy atom. The molecule has 1 fully saturated rings. The van der Waals surface area contributed by atoms with Crippen LogP contribution in [0, 0.1) is 5.92 Å². The molecule has 0 amide bonds. The van der Waals surface area contributed by atoms with Crippen LogP contribution >= 0.6 is 0 Å². The number of carbonyl (C=O) groups is 2. The molecule has 2 atom stereocenters. The molecule has 1 aliphatic carbocycles. The van der Waals surface area contributed by atoms with Gasteiger partial charge < -0.3 is 10.5 Å². The third kappa shape index (κ3) is 1.40. The van der Waals surface area contributed by atoms with Crippen molar-refractivity contribution >= 4 is 11.8 Å². The first-order chi connectivity index (χ1) is 5.16. The fraction of sp³-hybridized carbons (Fsp3) is 0.714. The lowest BCUT2D eigenvalue weighted by Gasteiger charge is -2.09. The maximum absolute atomic E-state index is 10.9. The Kier molecular flexibility index (Phi) is 2.24. The minimum Gasteiger partial charge on any atom is -0.469 e. The van der Waals surface area contributed by atoms with Crippen molar-refractivity contribution in [2.45, 2.75) is 18.9 Å². The van der Waals surface area contributed by atoms with Gasteiger partial charge in [-0.2, -0.15) is 0 Å². The molecule has 0 radical (unpaired) electrons. The van der Waals surface area contributed by atoms with Crippen molar-refractivity contribution in [2.24, 2.45) is 11.7 Å². The van der Waals surface area contributed by atoms with Gasteiger partial charge in [-0.25, -0.2) is 0 Å². The Bertz CT molecular complexity index is 190. The summed E-state index contributed by atoms with van der Waals surface area (Å²) in [6.45, 7) is 0. The SMILES string of the molecule is COC(=O)[C@@H]1CCC(=O)[C@@H]1N. The summed E-state index contributed by atoms with van der Waals surface area (Å²) in [6, 6.07) is -0.637. The molecule has 1 rings (SSSR count). The molecular formula is C7H11NO3. The van der Waals surface area contributed by atoms with Gasteiger partial charge in [-0.1, -0.05) is 0 Å². The van der Waals surface area contributed by atoms with E-state index < -0.39 is 12.0 Å². The number of hydrogen-bond donors (Lipinski definition) is 1. The van der Waals surface area contributed by atoms with Crippen LogP contribution in [-0.4, -0.2) is 24.9 Å². The van der Waals surface area contributed by atoms with Crippen LogP contribution < -0.4 is 5.73 Å². The highest BCUT2D eigenvalue weighted by molar-refractivity contribution is 5.92. The van der Waals surface area contributed by atoms with Crippen molar-refractivity contribution in [2.75, 3.05) is 7.11 Å². The van der Waals surface area contributed by atoms with Crippen molar-refractivity contribution in [3.8, 4) is 0 Å². The molecular weight excluding hydrogens is 146 g/mol. The van der Waals surface area contributed by atoms with Gasteiger partial charge in [-0.15, -0.1) is 0 Å². The van der Waals surface area contributed by atoms with Gasteiger partial charge in [0.1, 0.15) is 5.78 Å². The highest BCUT2D eigenvalue weighted by Crippen LogP contribution is 2.21. The maximum Gasteiger partial charge on any atom is 0.310 e. The first-order valence-corrected chi connectivity index (χ1v) is 3.53. The highest BCUT2D eigenvalue weighted by atomic mass is 16.5. The summed E-state index contributed by atoms with van der Waals surface area (Å²) >= 11 is 0. The van der Waals surface area contributed by atoms with Gasteiger partial charge in [0, 0.05) is 6.42 Å². The normalized spacial score (nSPS) is 30.5. The van der Waals surface area contributed by atoms with E-state index in [-0.39, 0.29) is 11.8 Å². The fourth-order valence-corrected chi connectivity index (χ4v) is 1.28. The molecule has 62 valence electrons. The number of esters is 1. The largest absolute Gasteiger partial charge is 0.469 e. The number of Topliss-reactive ketones (excluding diaryl/α,β-unsaturated/α-hetero) is 1. The molecule has 4 nitrogen and oxygen atoms in total. The average molecular weight is 157 g/mol. The van der Waals surface area contributed by atoms with Gasteiger partial charge >= 0.3 is 5.97 Å². The lowest BCUT2D eigenvalue weighted by Crippen LogP contribution is -2.36. The summed E-state index contributed by atoms with van der Waals surface area (Å²) in [4.78, 5) is 21.8. The zero-order valence-corrected chi connectivity index (χ0v) is 6.37. The molecule has 0 spiro atoms. The Hall–Kier alpha value is -0.900. The third-order valence-electron chi connectivity index (χ3n) is 2.01. The monoisotopic (exact) mass is 157 g/mol. The summed E-state index contributed by atoms with van der Waals surface area (Å²) in [5.41, 5.74) is 5.45. The molecule has 0 unspecified atom stereocenters. The number of nitrogens with two attached hydrogens (primary N) is 1. The molecule has 0 aromatic heterocycles. The summed E-state index contributed by atoms with van der Waals surface area (Å²) in [6.07, 6.45) is 0.938.